The summed E-state index contributed by atoms with van der Waals surface area (Å²) in [5.74, 6) is 1.37. The van der Waals surface area contributed by atoms with E-state index in [9.17, 15) is 4.79 Å². The molecule has 170 valence electrons. The minimum atomic E-state index is -0.489. The maximum Gasteiger partial charge on any atom is 0.252 e. The molecule has 8 heteroatoms. The number of halogens is 2. The van der Waals surface area contributed by atoms with Gasteiger partial charge in [-0.25, -0.2) is 9.37 Å². The normalized spacial score (nSPS) is 19.8. The molecule has 0 spiro atoms. The van der Waals surface area contributed by atoms with Crippen molar-refractivity contribution >= 4 is 28.5 Å². The summed E-state index contributed by atoms with van der Waals surface area (Å²) in [6.07, 6.45) is 8.12. The molecule has 1 amide bonds. The van der Waals surface area contributed by atoms with E-state index in [-0.39, 0.29) is 23.0 Å². The van der Waals surface area contributed by atoms with Crippen molar-refractivity contribution in [3.05, 3.63) is 47.8 Å². The summed E-state index contributed by atoms with van der Waals surface area (Å²) in [6.45, 7) is 2.72. The number of fused-ring (bicyclic) bond motifs is 1. The zero-order chi connectivity index (χ0) is 22.7. The molecule has 6 nitrogen and oxygen atoms in total. The van der Waals surface area contributed by atoms with Gasteiger partial charge in [-0.15, -0.1) is 11.6 Å². The number of benzene rings is 1. The molecule has 1 fully saturated rings. The number of hydrogen-bond acceptors (Lipinski definition) is 4. The minimum Gasteiger partial charge on any atom is -0.352 e. The zero-order valence-electron chi connectivity index (χ0n) is 18.2. The van der Waals surface area contributed by atoms with E-state index in [0.717, 1.165) is 31.6 Å². The van der Waals surface area contributed by atoms with Crippen LogP contribution in [0.2, 0.25) is 0 Å². The number of aromatic nitrogens is 3. The lowest BCUT2D eigenvalue weighted by Gasteiger charge is -2.29. The van der Waals surface area contributed by atoms with E-state index in [1.165, 1.54) is 12.4 Å². The predicted molar refractivity (Wildman–Crippen MR) is 125 cm³/mol. The average Bonchev–Trinajstić information content (AvgIpc) is 3.25. The molecular formula is C24H29ClFN5O. The Balaban J connectivity index is 1.64. The number of nitrogens with zero attached hydrogens (tertiary/aromatic N) is 2. The van der Waals surface area contributed by atoms with Crippen LogP contribution >= 0.6 is 11.6 Å². The van der Waals surface area contributed by atoms with Gasteiger partial charge in [0.15, 0.2) is 5.82 Å². The molecule has 4 rings (SSSR count). The second kappa shape index (κ2) is 9.96. The molecule has 2 aromatic heterocycles. The molecule has 2 heterocycles. The molecule has 1 unspecified atom stereocenters. The summed E-state index contributed by atoms with van der Waals surface area (Å²) in [7, 11) is 0. The number of imidazole rings is 1. The minimum absolute atomic E-state index is 0.231. The first-order valence-corrected chi connectivity index (χ1v) is 11.7. The fourth-order valence-electron chi connectivity index (χ4n) is 4.47. The van der Waals surface area contributed by atoms with Crippen LogP contribution in [0, 0.1) is 17.7 Å². The van der Waals surface area contributed by atoms with Crippen LogP contribution in [0.4, 0.5) is 4.39 Å². The van der Waals surface area contributed by atoms with E-state index in [1.54, 1.807) is 18.2 Å². The predicted octanol–water partition coefficient (Wildman–Crippen LogP) is 4.95. The topological polar surface area (TPSA) is 96.7 Å². The van der Waals surface area contributed by atoms with Crippen LogP contribution < -0.4 is 11.1 Å². The van der Waals surface area contributed by atoms with Gasteiger partial charge in [0.05, 0.1) is 17.1 Å². The fraction of sp³-hybridized carbons (Fsp3) is 0.458. The number of pyridine rings is 1. The van der Waals surface area contributed by atoms with Gasteiger partial charge in [-0.05, 0) is 49.3 Å². The third-order valence-electron chi connectivity index (χ3n) is 6.45. The molecule has 4 N–H and O–H groups in total. The highest BCUT2D eigenvalue weighted by molar-refractivity contribution is 6.17. The summed E-state index contributed by atoms with van der Waals surface area (Å²) in [4.78, 5) is 24.5. The lowest BCUT2D eigenvalue weighted by Crippen LogP contribution is -2.26. The van der Waals surface area contributed by atoms with Gasteiger partial charge in [0, 0.05) is 35.9 Å². The van der Waals surface area contributed by atoms with Crippen molar-refractivity contribution in [3.8, 4) is 11.1 Å². The van der Waals surface area contributed by atoms with E-state index in [1.807, 2.05) is 0 Å². The smallest absolute Gasteiger partial charge is 0.252 e. The number of hydrogen-bond donors (Lipinski definition) is 3. The lowest BCUT2D eigenvalue weighted by molar-refractivity contribution is 0.0954. The Bertz CT molecular complexity index is 1090. The first-order valence-electron chi connectivity index (χ1n) is 11.2. The third kappa shape index (κ3) is 4.64. The standard InChI is InChI=1S/C24H29ClFN5O/c1-14-3-5-15(6-4-14)21(27)23-30-19-8-7-16(20(26)22(19)31-23)18-13-28-12-9-17(18)24(32)29-11-2-10-25/h7-9,12-15,21H,2-6,10-11,27H2,1H3,(H,29,32)(H,30,31). The molecule has 1 saturated carbocycles. The molecule has 1 atom stereocenters. The Morgan fingerprint density at radius 1 is 1.28 bits per heavy atom. The fourth-order valence-corrected chi connectivity index (χ4v) is 4.60. The van der Waals surface area contributed by atoms with Gasteiger partial charge >= 0.3 is 0 Å². The summed E-state index contributed by atoms with van der Waals surface area (Å²) >= 11 is 5.68. The van der Waals surface area contributed by atoms with E-state index < -0.39 is 5.82 Å². The first-order chi connectivity index (χ1) is 15.5. The highest BCUT2D eigenvalue weighted by atomic mass is 35.5. The molecule has 0 saturated heterocycles. The summed E-state index contributed by atoms with van der Waals surface area (Å²) in [5.41, 5.74) is 8.40. The second-order valence-electron chi connectivity index (χ2n) is 8.71. The number of rotatable bonds is 7. The van der Waals surface area contributed by atoms with Crippen LogP contribution in [-0.4, -0.2) is 33.3 Å². The molecule has 1 aliphatic rings. The van der Waals surface area contributed by atoms with Crippen LogP contribution in [0.5, 0.6) is 0 Å². The van der Waals surface area contributed by atoms with Crippen LogP contribution in [0.15, 0.2) is 30.6 Å². The number of nitrogens with one attached hydrogen (secondary N) is 2. The monoisotopic (exact) mass is 457 g/mol. The number of carbonyl (C=O) groups is 1. The highest BCUT2D eigenvalue weighted by Crippen LogP contribution is 2.36. The SMILES string of the molecule is CC1CCC(C(N)c2nc3c(F)c(-c4cnccc4C(=O)NCCCCl)ccc3[nH]2)CC1. The van der Waals surface area contributed by atoms with Crippen molar-refractivity contribution in [1.82, 2.24) is 20.3 Å². The molecule has 1 aromatic carbocycles. The van der Waals surface area contributed by atoms with Gasteiger partial charge in [0.1, 0.15) is 11.3 Å². The molecule has 32 heavy (non-hydrogen) atoms. The highest BCUT2D eigenvalue weighted by Gasteiger charge is 2.27. The van der Waals surface area contributed by atoms with Crippen molar-refractivity contribution in [2.45, 2.75) is 45.1 Å². The van der Waals surface area contributed by atoms with Gasteiger partial charge in [0.25, 0.3) is 5.91 Å². The maximum atomic E-state index is 15.6. The van der Waals surface area contributed by atoms with Gasteiger partial charge in [-0.2, -0.15) is 0 Å². The van der Waals surface area contributed by atoms with Crippen molar-refractivity contribution in [3.63, 3.8) is 0 Å². The van der Waals surface area contributed by atoms with Crippen molar-refractivity contribution < 1.29 is 9.18 Å². The molecular weight excluding hydrogens is 429 g/mol. The van der Waals surface area contributed by atoms with E-state index in [4.69, 9.17) is 17.3 Å². The lowest BCUT2D eigenvalue weighted by atomic mass is 9.79. The second-order valence-corrected chi connectivity index (χ2v) is 9.09. The van der Waals surface area contributed by atoms with Crippen molar-refractivity contribution in [1.29, 1.82) is 0 Å². The van der Waals surface area contributed by atoms with Gasteiger partial charge in [-0.1, -0.05) is 19.8 Å². The third-order valence-corrected chi connectivity index (χ3v) is 6.71. The van der Waals surface area contributed by atoms with Gasteiger partial charge in [-0.3, -0.25) is 9.78 Å². The Kier molecular flexibility index (Phi) is 7.06. The Morgan fingerprint density at radius 2 is 2.06 bits per heavy atom. The van der Waals surface area contributed by atoms with Crippen LogP contribution in [-0.2, 0) is 0 Å². The maximum absolute atomic E-state index is 15.6. The van der Waals surface area contributed by atoms with Crippen LogP contribution in [0.25, 0.3) is 22.2 Å². The largest absolute Gasteiger partial charge is 0.352 e. The quantitative estimate of drug-likeness (QED) is 0.345. The van der Waals surface area contributed by atoms with Crippen molar-refractivity contribution in [2.24, 2.45) is 17.6 Å². The van der Waals surface area contributed by atoms with E-state index >= 15 is 4.39 Å². The molecule has 0 radical (unpaired) electrons. The molecule has 1 aliphatic carbocycles. The molecule has 0 bridgehead atoms. The Labute approximate surface area is 192 Å². The molecule has 0 aliphatic heterocycles. The zero-order valence-corrected chi connectivity index (χ0v) is 19.0. The first kappa shape index (κ1) is 22.7. The Hall–Kier alpha value is -2.51. The summed E-state index contributed by atoms with van der Waals surface area (Å²) in [5, 5.41) is 2.81. The summed E-state index contributed by atoms with van der Waals surface area (Å²) < 4.78 is 15.6. The Morgan fingerprint density at radius 3 is 2.81 bits per heavy atom. The summed E-state index contributed by atoms with van der Waals surface area (Å²) in [6, 6.07) is 4.77. The molecule has 3 aromatic rings. The van der Waals surface area contributed by atoms with Crippen LogP contribution in [0.1, 0.15) is 61.3 Å². The van der Waals surface area contributed by atoms with E-state index in [0.29, 0.717) is 47.2 Å². The average molecular weight is 458 g/mol. The number of alkyl halides is 1. The number of aromatic amines is 1. The van der Waals surface area contributed by atoms with Gasteiger partial charge < -0.3 is 16.0 Å². The van der Waals surface area contributed by atoms with Crippen molar-refractivity contribution in [2.75, 3.05) is 12.4 Å². The number of H-pyrrole nitrogens is 1. The van der Waals surface area contributed by atoms with Crippen LogP contribution in [0.3, 0.4) is 0 Å². The number of carbonyl (C=O) groups excluding carboxylic acids is 1. The van der Waals surface area contributed by atoms with E-state index in [2.05, 4.69) is 27.2 Å². The number of nitrogens with two attached hydrogens (primary N) is 1. The number of amides is 1. The van der Waals surface area contributed by atoms with Gasteiger partial charge in [0.2, 0.25) is 0 Å².